The van der Waals surface area contributed by atoms with E-state index < -0.39 is 0 Å². The predicted molar refractivity (Wildman–Crippen MR) is 64.9 cm³/mol. The average Bonchev–Trinajstić information content (AvgIpc) is 2.68. The second-order valence-corrected chi connectivity index (χ2v) is 4.49. The monoisotopic (exact) mass is 213 g/mol. The normalized spacial score (nSPS) is 15.4. The minimum absolute atomic E-state index is 0.274. The molecule has 1 aliphatic rings. The van der Waals surface area contributed by atoms with Crippen LogP contribution in [-0.4, -0.2) is 10.8 Å². The molecule has 1 N–H and O–H groups in total. The largest absolute Gasteiger partial charge is 0.352 e. The molecule has 1 aromatic carbocycles. The second kappa shape index (κ2) is 3.48. The molecule has 0 atom stereocenters. The number of ketones is 1. The topological polar surface area (TPSA) is 32.9 Å². The first kappa shape index (κ1) is 9.64. The Morgan fingerprint density at radius 3 is 3.00 bits per heavy atom. The van der Waals surface area contributed by atoms with Gasteiger partial charge in [0, 0.05) is 17.3 Å². The number of carbonyl (C=O) groups excluding carboxylic acids is 1. The number of nitrogens with one attached hydrogen (secondary N) is 1. The fourth-order valence-corrected chi connectivity index (χ4v) is 2.56. The van der Waals surface area contributed by atoms with Crippen LogP contribution in [0.2, 0.25) is 0 Å². The highest BCUT2D eigenvalue weighted by Gasteiger charge is 2.21. The van der Waals surface area contributed by atoms with Crippen molar-refractivity contribution < 1.29 is 4.79 Å². The van der Waals surface area contributed by atoms with Crippen molar-refractivity contribution in [2.75, 3.05) is 0 Å². The van der Waals surface area contributed by atoms with Crippen LogP contribution in [0.4, 0.5) is 0 Å². The molecule has 0 amide bonds. The number of benzene rings is 1. The molecular formula is C14H15NO. The molecule has 0 radical (unpaired) electrons. The Morgan fingerprint density at radius 2 is 2.19 bits per heavy atom. The van der Waals surface area contributed by atoms with Crippen molar-refractivity contribution in [1.82, 2.24) is 4.98 Å². The van der Waals surface area contributed by atoms with Crippen LogP contribution in [0, 0.1) is 0 Å². The van der Waals surface area contributed by atoms with E-state index in [9.17, 15) is 4.79 Å². The molecule has 0 spiro atoms. The maximum absolute atomic E-state index is 11.8. The third-order valence-corrected chi connectivity index (χ3v) is 3.49. The molecule has 1 aliphatic carbocycles. The van der Waals surface area contributed by atoms with Gasteiger partial charge in [-0.1, -0.05) is 13.0 Å². The summed E-state index contributed by atoms with van der Waals surface area (Å²) in [7, 11) is 0. The lowest BCUT2D eigenvalue weighted by molar-refractivity contribution is 0.0968. The lowest BCUT2D eigenvalue weighted by Crippen LogP contribution is -2.09. The van der Waals surface area contributed by atoms with E-state index in [-0.39, 0.29) is 5.78 Å². The minimum atomic E-state index is 0.274. The Balaban J connectivity index is 2.29. The molecule has 2 aromatic rings. The number of hydrogen-bond acceptors (Lipinski definition) is 1. The van der Waals surface area contributed by atoms with Crippen LogP contribution in [0.15, 0.2) is 18.2 Å². The molecule has 0 fully saturated rings. The quantitative estimate of drug-likeness (QED) is 0.775. The van der Waals surface area contributed by atoms with Crippen LogP contribution in [-0.2, 0) is 12.8 Å². The van der Waals surface area contributed by atoms with Crippen molar-refractivity contribution in [3.05, 3.63) is 35.0 Å². The number of carbonyl (C=O) groups is 1. The fraction of sp³-hybridized carbons (Fsp3) is 0.357. The number of fused-ring (bicyclic) bond motifs is 3. The van der Waals surface area contributed by atoms with Crippen molar-refractivity contribution in [1.29, 1.82) is 0 Å². The van der Waals surface area contributed by atoms with Gasteiger partial charge < -0.3 is 4.98 Å². The van der Waals surface area contributed by atoms with Crippen LogP contribution in [0.1, 0.15) is 41.4 Å². The van der Waals surface area contributed by atoms with E-state index >= 15 is 0 Å². The first-order valence-electron chi connectivity index (χ1n) is 5.96. The number of rotatable bonds is 1. The Hall–Kier alpha value is -1.57. The van der Waals surface area contributed by atoms with E-state index in [1.165, 1.54) is 16.5 Å². The van der Waals surface area contributed by atoms with Gasteiger partial charge in [-0.15, -0.1) is 0 Å². The third kappa shape index (κ3) is 1.29. The van der Waals surface area contributed by atoms with Crippen LogP contribution >= 0.6 is 0 Å². The van der Waals surface area contributed by atoms with E-state index in [2.05, 4.69) is 30.1 Å². The van der Waals surface area contributed by atoms with Gasteiger partial charge in [0.15, 0.2) is 5.78 Å². The highest BCUT2D eigenvalue weighted by atomic mass is 16.1. The van der Waals surface area contributed by atoms with Gasteiger partial charge in [-0.25, -0.2) is 0 Å². The summed E-state index contributed by atoms with van der Waals surface area (Å²) >= 11 is 0. The Kier molecular flexibility index (Phi) is 2.10. The van der Waals surface area contributed by atoms with E-state index in [1.807, 2.05) is 0 Å². The highest BCUT2D eigenvalue weighted by molar-refractivity contribution is 6.03. The van der Waals surface area contributed by atoms with Gasteiger partial charge in [-0.05, 0) is 42.5 Å². The molecule has 0 saturated heterocycles. The highest BCUT2D eigenvalue weighted by Crippen LogP contribution is 2.29. The molecule has 0 bridgehead atoms. The van der Waals surface area contributed by atoms with Gasteiger partial charge in [0.05, 0.1) is 5.69 Å². The van der Waals surface area contributed by atoms with E-state index in [4.69, 9.17) is 0 Å². The maximum Gasteiger partial charge on any atom is 0.179 e. The van der Waals surface area contributed by atoms with Crippen molar-refractivity contribution >= 4 is 16.7 Å². The first-order valence-corrected chi connectivity index (χ1v) is 5.96. The third-order valence-electron chi connectivity index (χ3n) is 3.49. The van der Waals surface area contributed by atoms with Gasteiger partial charge in [0.25, 0.3) is 0 Å². The summed E-state index contributed by atoms with van der Waals surface area (Å²) in [4.78, 5) is 15.0. The molecule has 82 valence electrons. The maximum atomic E-state index is 11.8. The predicted octanol–water partition coefficient (Wildman–Crippen LogP) is 3.25. The second-order valence-electron chi connectivity index (χ2n) is 4.49. The van der Waals surface area contributed by atoms with Crippen LogP contribution < -0.4 is 0 Å². The standard InChI is InChI=1S/C14H15NO/c1-2-9-6-7-12-11(8-9)10-4-3-5-13(16)14(10)15-12/h6-8,15H,2-5H2,1H3. The van der Waals surface area contributed by atoms with Crippen molar-refractivity contribution in [2.45, 2.75) is 32.6 Å². The molecule has 3 rings (SSSR count). The SMILES string of the molecule is CCc1ccc2[nH]c3c(c2c1)CCCC3=O. The van der Waals surface area contributed by atoms with E-state index in [0.29, 0.717) is 6.42 Å². The van der Waals surface area contributed by atoms with Crippen LogP contribution in [0.5, 0.6) is 0 Å². The van der Waals surface area contributed by atoms with Crippen molar-refractivity contribution in [2.24, 2.45) is 0 Å². The summed E-state index contributed by atoms with van der Waals surface area (Å²) in [6.45, 7) is 2.16. The van der Waals surface area contributed by atoms with Crippen LogP contribution in [0.25, 0.3) is 10.9 Å². The number of Topliss-reactive ketones (excluding diaryl/α,β-unsaturated/α-hetero) is 1. The zero-order valence-electron chi connectivity index (χ0n) is 9.47. The molecule has 1 heterocycles. The van der Waals surface area contributed by atoms with Gasteiger partial charge >= 0.3 is 0 Å². The lowest BCUT2D eigenvalue weighted by Gasteiger charge is -2.09. The van der Waals surface area contributed by atoms with E-state index in [1.54, 1.807) is 0 Å². The van der Waals surface area contributed by atoms with E-state index in [0.717, 1.165) is 30.5 Å². The molecular weight excluding hydrogens is 198 g/mol. The molecule has 2 nitrogen and oxygen atoms in total. The molecule has 1 aromatic heterocycles. The first-order chi connectivity index (χ1) is 7.79. The zero-order valence-corrected chi connectivity index (χ0v) is 9.47. The fourth-order valence-electron chi connectivity index (χ4n) is 2.56. The molecule has 2 heteroatoms. The summed E-state index contributed by atoms with van der Waals surface area (Å²) in [5.74, 6) is 0.274. The number of hydrogen-bond donors (Lipinski definition) is 1. The molecule has 0 aliphatic heterocycles. The molecule has 0 saturated carbocycles. The number of aryl methyl sites for hydroxylation is 2. The smallest absolute Gasteiger partial charge is 0.179 e. The number of aromatic amines is 1. The summed E-state index contributed by atoms with van der Waals surface area (Å²) in [5.41, 5.74) is 4.54. The number of H-pyrrole nitrogens is 1. The molecule has 0 unspecified atom stereocenters. The average molecular weight is 213 g/mol. The summed E-state index contributed by atoms with van der Waals surface area (Å²) in [6, 6.07) is 6.46. The number of aromatic nitrogens is 1. The van der Waals surface area contributed by atoms with Crippen molar-refractivity contribution in [3.63, 3.8) is 0 Å². The molecule has 16 heavy (non-hydrogen) atoms. The van der Waals surface area contributed by atoms with Gasteiger partial charge in [0.1, 0.15) is 0 Å². The summed E-state index contributed by atoms with van der Waals surface area (Å²) in [5, 5.41) is 1.25. The Bertz CT molecular complexity index is 565. The Morgan fingerprint density at radius 1 is 1.31 bits per heavy atom. The zero-order chi connectivity index (χ0) is 11.1. The van der Waals surface area contributed by atoms with Gasteiger partial charge in [-0.2, -0.15) is 0 Å². The van der Waals surface area contributed by atoms with Crippen LogP contribution in [0.3, 0.4) is 0 Å². The summed E-state index contributed by atoms with van der Waals surface area (Å²) < 4.78 is 0. The summed E-state index contributed by atoms with van der Waals surface area (Å²) in [6.07, 6.45) is 3.77. The Labute approximate surface area is 94.7 Å². The minimum Gasteiger partial charge on any atom is -0.352 e. The van der Waals surface area contributed by atoms with Gasteiger partial charge in [0.2, 0.25) is 0 Å². The van der Waals surface area contributed by atoms with Crippen molar-refractivity contribution in [3.8, 4) is 0 Å². The van der Waals surface area contributed by atoms with Gasteiger partial charge in [-0.3, -0.25) is 4.79 Å². The lowest BCUT2D eigenvalue weighted by atomic mass is 9.94.